The van der Waals surface area contributed by atoms with E-state index >= 15 is 0 Å². The van der Waals surface area contributed by atoms with Gasteiger partial charge in [0.2, 0.25) is 0 Å². The highest BCUT2D eigenvalue weighted by molar-refractivity contribution is 5.27. The topological polar surface area (TPSA) is 0 Å². The van der Waals surface area contributed by atoms with Crippen molar-refractivity contribution < 1.29 is 0 Å². The fraction of sp³-hybridized carbons (Fsp3) is 0.875. The van der Waals surface area contributed by atoms with Crippen molar-refractivity contribution in [2.75, 3.05) is 0 Å². The maximum atomic E-state index is 2.61. The molecule has 3 saturated carbocycles. The highest BCUT2D eigenvalue weighted by Crippen LogP contribution is 2.75. The summed E-state index contributed by atoms with van der Waals surface area (Å²) in [7, 11) is 0. The third kappa shape index (κ3) is 0.866. The lowest BCUT2D eigenvalue weighted by atomic mass is 9.61. The lowest BCUT2D eigenvalue weighted by Gasteiger charge is -2.44. The van der Waals surface area contributed by atoms with Gasteiger partial charge in [-0.25, -0.2) is 0 Å². The summed E-state index contributed by atoms with van der Waals surface area (Å²) in [6.07, 6.45) is 11.1. The van der Waals surface area contributed by atoms with Crippen LogP contribution in [0.3, 0.4) is 0 Å². The second kappa shape index (κ2) is 2.60. The average Bonchev–Trinajstić information content (AvgIpc) is 2.90. The van der Waals surface area contributed by atoms with Gasteiger partial charge in [0.05, 0.1) is 0 Å². The molecule has 0 aromatic rings. The molecule has 7 unspecified atom stereocenters. The first-order valence-electron chi connectivity index (χ1n) is 7.27. The molecule has 7 atom stereocenters. The SMILES string of the molecule is CCC1CC2(C)CC1C1C2C2C=CC1(C)C2. The Balaban J connectivity index is 1.80. The molecule has 0 aliphatic heterocycles. The van der Waals surface area contributed by atoms with Gasteiger partial charge in [0.25, 0.3) is 0 Å². The standard InChI is InChI=1S/C16H24/c1-4-10-7-16(3)9-12(10)14-13(16)11-5-6-15(14,2)8-11/h5-6,10-14H,4,7-9H2,1-3H3. The second-order valence-electron chi connectivity index (χ2n) is 7.68. The minimum absolute atomic E-state index is 0.589. The fourth-order valence-corrected chi connectivity index (χ4v) is 6.54. The molecule has 4 aliphatic carbocycles. The van der Waals surface area contributed by atoms with Crippen LogP contribution in [-0.2, 0) is 0 Å². The predicted octanol–water partition coefficient (Wildman–Crippen LogP) is 4.27. The number of hydrogen-bond donors (Lipinski definition) is 0. The van der Waals surface area contributed by atoms with Crippen molar-refractivity contribution in [1.82, 2.24) is 0 Å². The van der Waals surface area contributed by atoms with E-state index in [1.807, 2.05) is 0 Å². The van der Waals surface area contributed by atoms with Gasteiger partial charge in [-0.05, 0) is 59.7 Å². The summed E-state index contributed by atoms with van der Waals surface area (Å²) in [4.78, 5) is 0. The molecule has 4 rings (SSSR count). The highest BCUT2D eigenvalue weighted by Gasteiger charge is 2.68. The van der Waals surface area contributed by atoms with Crippen LogP contribution in [0.4, 0.5) is 0 Å². The van der Waals surface area contributed by atoms with Gasteiger partial charge < -0.3 is 0 Å². The van der Waals surface area contributed by atoms with E-state index in [2.05, 4.69) is 32.9 Å². The molecule has 4 aliphatic rings. The third-order valence-electron chi connectivity index (χ3n) is 6.84. The molecule has 0 heteroatoms. The second-order valence-corrected chi connectivity index (χ2v) is 7.68. The average molecular weight is 216 g/mol. The summed E-state index contributed by atoms with van der Waals surface area (Å²) in [6, 6.07) is 0. The Morgan fingerprint density at radius 3 is 2.69 bits per heavy atom. The van der Waals surface area contributed by atoms with Crippen LogP contribution in [0.2, 0.25) is 0 Å². The van der Waals surface area contributed by atoms with Gasteiger partial charge in [0.15, 0.2) is 0 Å². The van der Waals surface area contributed by atoms with E-state index in [0.717, 1.165) is 29.6 Å². The van der Waals surface area contributed by atoms with Gasteiger partial charge in [-0.1, -0.05) is 39.3 Å². The van der Waals surface area contributed by atoms with Gasteiger partial charge >= 0.3 is 0 Å². The molecule has 3 fully saturated rings. The number of allylic oxidation sites excluding steroid dienone is 2. The molecule has 0 N–H and O–H groups in total. The Hall–Kier alpha value is -0.260. The summed E-state index contributed by atoms with van der Waals surface area (Å²) < 4.78 is 0. The first kappa shape index (κ1) is 9.74. The molecule has 0 amide bonds. The Kier molecular flexibility index (Phi) is 1.58. The van der Waals surface area contributed by atoms with Crippen LogP contribution in [0, 0.1) is 40.4 Å². The van der Waals surface area contributed by atoms with E-state index in [4.69, 9.17) is 0 Å². The van der Waals surface area contributed by atoms with Crippen LogP contribution in [0.15, 0.2) is 12.2 Å². The van der Waals surface area contributed by atoms with Gasteiger partial charge in [-0.2, -0.15) is 0 Å². The maximum absolute atomic E-state index is 2.61. The highest BCUT2D eigenvalue weighted by atomic mass is 14.7. The molecule has 0 heterocycles. The summed E-state index contributed by atoms with van der Waals surface area (Å²) in [5.74, 6) is 5.17. The maximum Gasteiger partial charge on any atom is -0.0107 e. The Labute approximate surface area is 99.5 Å². The molecule has 0 radical (unpaired) electrons. The van der Waals surface area contributed by atoms with E-state index in [-0.39, 0.29) is 0 Å². The predicted molar refractivity (Wildman–Crippen MR) is 66.9 cm³/mol. The molecule has 16 heavy (non-hydrogen) atoms. The van der Waals surface area contributed by atoms with Gasteiger partial charge in [0, 0.05) is 0 Å². The molecular formula is C16H24. The van der Waals surface area contributed by atoms with Crippen molar-refractivity contribution in [2.24, 2.45) is 40.4 Å². The van der Waals surface area contributed by atoms with Crippen molar-refractivity contribution >= 4 is 0 Å². The normalized spacial score (nSPS) is 65.6. The van der Waals surface area contributed by atoms with E-state index in [0.29, 0.717) is 10.8 Å². The van der Waals surface area contributed by atoms with E-state index < -0.39 is 0 Å². The lowest BCUT2D eigenvalue weighted by Crippen LogP contribution is -2.38. The number of rotatable bonds is 1. The zero-order valence-electron chi connectivity index (χ0n) is 10.9. The first-order valence-corrected chi connectivity index (χ1v) is 7.27. The van der Waals surface area contributed by atoms with Gasteiger partial charge in [0.1, 0.15) is 0 Å². The van der Waals surface area contributed by atoms with Crippen LogP contribution in [0.1, 0.15) is 46.5 Å². The summed E-state index contributed by atoms with van der Waals surface area (Å²) >= 11 is 0. The van der Waals surface area contributed by atoms with E-state index in [9.17, 15) is 0 Å². The Morgan fingerprint density at radius 1 is 1.12 bits per heavy atom. The summed E-state index contributed by atoms with van der Waals surface area (Å²) in [5.41, 5.74) is 1.30. The fourth-order valence-electron chi connectivity index (χ4n) is 6.54. The monoisotopic (exact) mass is 216 g/mol. The lowest BCUT2D eigenvalue weighted by molar-refractivity contribution is 0.0695. The Bertz CT molecular complexity index is 368. The molecule has 0 spiro atoms. The third-order valence-corrected chi connectivity index (χ3v) is 6.84. The van der Waals surface area contributed by atoms with Crippen LogP contribution in [-0.4, -0.2) is 0 Å². The van der Waals surface area contributed by atoms with Crippen molar-refractivity contribution in [3.05, 3.63) is 12.2 Å². The quantitative estimate of drug-likeness (QED) is 0.453. The van der Waals surface area contributed by atoms with Crippen LogP contribution < -0.4 is 0 Å². The van der Waals surface area contributed by atoms with Gasteiger partial charge in [-0.15, -0.1) is 0 Å². The van der Waals surface area contributed by atoms with Crippen molar-refractivity contribution in [2.45, 2.75) is 46.5 Å². The zero-order valence-corrected chi connectivity index (χ0v) is 10.9. The molecule has 4 bridgehead atoms. The van der Waals surface area contributed by atoms with Crippen molar-refractivity contribution in [3.63, 3.8) is 0 Å². The van der Waals surface area contributed by atoms with Crippen LogP contribution >= 0.6 is 0 Å². The van der Waals surface area contributed by atoms with E-state index in [1.165, 1.54) is 19.3 Å². The Morgan fingerprint density at radius 2 is 1.94 bits per heavy atom. The van der Waals surface area contributed by atoms with Crippen LogP contribution in [0.25, 0.3) is 0 Å². The number of fused-ring (bicyclic) bond motifs is 9. The van der Waals surface area contributed by atoms with Gasteiger partial charge in [-0.3, -0.25) is 0 Å². The minimum Gasteiger partial charge on any atom is -0.0845 e. The molecule has 0 saturated heterocycles. The summed E-state index contributed by atoms with van der Waals surface area (Å²) in [6.45, 7) is 7.57. The molecule has 88 valence electrons. The van der Waals surface area contributed by atoms with Crippen molar-refractivity contribution in [3.8, 4) is 0 Å². The molecular weight excluding hydrogens is 192 g/mol. The van der Waals surface area contributed by atoms with Crippen LogP contribution in [0.5, 0.6) is 0 Å². The molecule has 0 nitrogen and oxygen atoms in total. The first-order chi connectivity index (χ1) is 7.57. The van der Waals surface area contributed by atoms with E-state index in [1.54, 1.807) is 6.42 Å². The zero-order chi connectivity index (χ0) is 11.1. The molecule has 0 aromatic carbocycles. The minimum atomic E-state index is 0.589. The largest absolute Gasteiger partial charge is 0.0845 e. The summed E-state index contributed by atoms with van der Waals surface area (Å²) in [5, 5.41) is 0. The smallest absolute Gasteiger partial charge is 0.0107 e. The molecule has 0 aromatic heterocycles. The number of hydrogen-bond acceptors (Lipinski definition) is 0. The van der Waals surface area contributed by atoms with Crippen molar-refractivity contribution in [1.29, 1.82) is 0 Å².